The highest BCUT2D eigenvalue weighted by molar-refractivity contribution is 6.32. The van der Waals surface area contributed by atoms with Crippen molar-refractivity contribution in [2.24, 2.45) is 0 Å². The molecule has 0 radical (unpaired) electrons. The van der Waals surface area contributed by atoms with E-state index in [0.29, 0.717) is 41.0 Å². The van der Waals surface area contributed by atoms with Gasteiger partial charge in [-0.1, -0.05) is 29.8 Å². The number of carbonyl (C=O) groups is 1. The Balaban J connectivity index is 1.46. The van der Waals surface area contributed by atoms with Crippen LogP contribution in [0.25, 0.3) is 5.65 Å². The third-order valence-electron chi connectivity index (χ3n) is 4.64. The fourth-order valence-corrected chi connectivity index (χ4v) is 3.43. The first-order chi connectivity index (χ1) is 15.0. The topological polar surface area (TPSA) is 64.9 Å². The molecule has 0 unspecified atom stereocenters. The maximum atomic E-state index is 12.8. The number of para-hydroxylation sites is 1. The van der Waals surface area contributed by atoms with Crippen LogP contribution in [0.1, 0.15) is 28.5 Å². The average molecular weight is 436 g/mol. The van der Waals surface area contributed by atoms with Crippen molar-refractivity contribution < 1.29 is 14.3 Å². The lowest BCUT2D eigenvalue weighted by Crippen LogP contribution is -2.13. The third kappa shape index (κ3) is 4.81. The summed E-state index contributed by atoms with van der Waals surface area (Å²) in [6.07, 6.45) is 3.95. The summed E-state index contributed by atoms with van der Waals surface area (Å²) >= 11 is 6.20. The smallest absolute Gasteiger partial charge is 0.255 e. The van der Waals surface area contributed by atoms with Crippen LogP contribution < -0.4 is 14.8 Å². The lowest BCUT2D eigenvalue weighted by molar-refractivity contribution is 0.102. The van der Waals surface area contributed by atoms with Gasteiger partial charge in [-0.2, -0.15) is 0 Å². The molecule has 0 aliphatic rings. The molecular weight excluding hydrogens is 414 g/mol. The van der Waals surface area contributed by atoms with Crippen molar-refractivity contribution in [2.75, 3.05) is 11.9 Å². The van der Waals surface area contributed by atoms with Crippen LogP contribution in [0.3, 0.4) is 0 Å². The molecular formula is C24H22ClN3O3. The van der Waals surface area contributed by atoms with Crippen LogP contribution in [0, 0.1) is 6.92 Å². The van der Waals surface area contributed by atoms with Crippen LogP contribution in [-0.2, 0) is 6.61 Å². The maximum absolute atomic E-state index is 12.8. The molecule has 0 aliphatic heterocycles. The molecule has 1 N–H and O–H groups in total. The molecule has 0 spiro atoms. The molecule has 158 valence electrons. The summed E-state index contributed by atoms with van der Waals surface area (Å²) < 4.78 is 13.4. The number of rotatable bonds is 7. The standard InChI is InChI=1S/C24H22ClN3O3/c1-3-30-23-20(25)8-5-9-21(23)27-24(29)17-6-4-7-19(12-17)31-15-18-14-28-13-16(2)10-11-22(28)26-18/h4-14H,3,15H2,1-2H3,(H,27,29). The van der Waals surface area contributed by atoms with Gasteiger partial charge in [0.1, 0.15) is 18.0 Å². The van der Waals surface area contributed by atoms with Gasteiger partial charge in [0.15, 0.2) is 5.75 Å². The number of aryl methyl sites for hydroxylation is 1. The number of carbonyl (C=O) groups excluding carboxylic acids is 1. The number of benzene rings is 2. The number of ether oxygens (including phenoxy) is 2. The predicted octanol–water partition coefficient (Wildman–Crippen LogP) is 5.53. The fourth-order valence-electron chi connectivity index (χ4n) is 3.20. The number of aromatic nitrogens is 2. The van der Waals surface area contributed by atoms with E-state index in [1.54, 1.807) is 36.4 Å². The summed E-state index contributed by atoms with van der Waals surface area (Å²) in [6, 6.07) is 16.2. The molecule has 0 aliphatic carbocycles. The molecule has 4 rings (SSSR count). The van der Waals surface area contributed by atoms with Crippen molar-refractivity contribution in [2.45, 2.75) is 20.5 Å². The number of pyridine rings is 1. The molecule has 7 heteroatoms. The molecule has 0 bridgehead atoms. The Labute approximate surface area is 185 Å². The predicted molar refractivity (Wildman–Crippen MR) is 121 cm³/mol. The van der Waals surface area contributed by atoms with Crippen molar-refractivity contribution in [3.63, 3.8) is 0 Å². The number of fused-ring (bicyclic) bond motifs is 1. The molecule has 4 aromatic rings. The fraction of sp³-hybridized carbons (Fsp3) is 0.167. The highest BCUT2D eigenvalue weighted by Crippen LogP contribution is 2.33. The lowest BCUT2D eigenvalue weighted by atomic mass is 10.2. The number of imidazole rings is 1. The second kappa shape index (κ2) is 9.10. The summed E-state index contributed by atoms with van der Waals surface area (Å²) in [5.41, 5.74) is 3.81. The number of nitrogens with one attached hydrogen (secondary N) is 1. The second-order valence-corrected chi connectivity index (χ2v) is 7.43. The Morgan fingerprint density at radius 1 is 1.10 bits per heavy atom. The zero-order chi connectivity index (χ0) is 21.8. The van der Waals surface area contributed by atoms with Gasteiger partial charge in [-0.25, -0.2) is 4.98 Å². The number of hydrogen-bond acceptors (Lipinski definition) is 4. The summed E-state index contributed by atoms with van der Waals surface area (Å²) in [6.45, 7) is 4.64. The number of anilines is 1. The Morgan fingerprint density at radius 3 is 2.77 bits per heavy atom. The van der Waals surface area contributed by atoms with Gasteiger partial charge in [0, 0.05) is 18.0 Å². The van der Waals surface area contributed by atoms with E-state index in [-0.39, 0.29) is 5.91 Å². The van der Waals surface area contributed by atoms with Gasteiger partial charge in [0.25, 0.3) is 5.91 Å². The van der Waals surface area contributed by atoms with Crippen LogP contribution in [0.4, 0.5) is 5.69 Å². The molecule has 2 heterocycles. The largest absolute Gasteiger partial charge is 0.490 e. The van der Waals surface area contributed by atoms with Crippen molar-refractivity contribution in [1.82, 2.24) is 9.38 Å². The van der Waals surface area contributed by atoms with Crippen LogP contribution in [-0.4, -0.2) is 21.9 Å². The Hall–Kier alpha value is -3.51. The van der Waals surface area contributed by atoms with E-state index in [0.717, 1.165) is 16.9 Å². The normalized spacial score (nSPS) is 10.8. The van der Waals surface area contributed by atoms with E-state index in [2.05, 4.69) is 10.3 Å². The third-order valence-corrected chi connectivity index (χ3v) is 4.93. The average Bonchev–Trinajstić information content (AvgIpc) is 3.17. The van der Waals surface area contributed by atoms with Gasteiger partial charge in [-0.15, -0.1) is 0 Å². The van der Waals surface area contributed by atoms with Crippen molar-refractivity contribution in [3.05, 3.63) is 88.8 Å². The highest BCUT2D eigenvalue weighted by atomic mass is 35.5. The van der Waals surface area contributed by atoms with E-state index in [1.807, 2.05) is 48.8 Å². The van der Waals surface area contributed by atoms with Crippen LogP contribution in [0.5, 0.6) is 11.5 Å². The molecule has 0 fully saturated rings. The van der Waals surface area contributed by atoms with E-state index in [9.17, 15) is 4.79 Å². The van der Waals surface area contributed by atoms with E-state index in [4.69, 9.17) is 21.1 Å². The van der Waals surface area contributed by atoms with Crippen LogP contribution in [0.2, 0.25) is 5.02 Å². The van der Waals surface area contributed by atoms with Gasteiger partial charge >= 0.3 is 0 Å². The van der Waals surface area contributed by atoms with Crippen LogP contribution in [0.15, 0.2) is 67.0 Å². The zero-order valence-corrected chi connectivity index (χ0v) is 18.0. The summed E-state index contributed by atoms with van der Waals surface area (Å²) in [4.78, 5) is 17.3. The molecule has 31 heavy (non-hydrogen) atoms. The van der Waals surface area contributed by atoms with Gasteiger partial charge in [0.2, 0.25) is 0 Å². The quantitative estimate of drug-likeness (QED) is 0.414. The first-order valence-corrected chi connectivity index (χ1v) is 10.3. The summed E-state index contributed by atoms with van der Waals surface area (Å²) in [7, 11) is 0. The SMILES string of the molecule is CCOc1c(Cl)cccc1NC(=O)c1cccc(OCc2cn3cc(C)ccc3n2)c1. The number of hydrogen-bond donors (Lipinski definition) is 1. The molecule has 0 saturated heterocycles. The molecule has 0 saturated carbocycles. The lowest BCUT2D eigenvalue weighted by Gasteiger charge is -2.13. The van der Waals surface area contributed by atoms with E-state index < -0.39 is 0 Å². The van der Waals surface area contributed by atoms with Crippen molar-refractivity contribution >= 4 is 28.8 Å². The molecule has 0 atom stereocenters. The van der Waals surface area contributed by atoms with Crippen molar-refractivity contribution in [1.29, 1.82) is 0 Å². The molecule has 2 aromatic carbocycles. The van der Waals surface area contributed by atoms with Gasteiger partial charge in [0.05, 0.1) is 23.0 Å². The minimum atomic E-state index is -0.281. The maximum Gasteiger partial charge on any atom is 0.255 e. The second-order valence-electron chi connectivity index (χ2n) is 7.02. The number of halogens is 1. The van der Waals surface area contributed by atoms with E-state index >= 15 is 0 Å². The highest BCUT2D eigenvalue weighted by Gasteiger charge is 2.13. The van der Waals surface area contributed by atoms with Gasteiger partial charge in [-0.3, -0.25) is 4.79 Å². The molecule has 1 amide bonds. The van der Waals surface area contributed by atoms with Gasteiger partial charge in [-0.05, 0) is 55.8 Å². The first kappa shape index (κ1) is 20.8. The minimum absolute atomic E-state index is 0.281. The first-order valence-electron chi connectivity index (χ1n) is 9.93. The Morgan fingerprint density at radius 2 is 1.94 bits per heavy atom. The number of amides is 1. The monoisotopic (exact) mass is 435 g/mol. The van der Waals surface area contributed by atoms with E-state index in [1.165, 1.54) is 0 Å². The van der Waals surface area contributed by atoms with Crippen LogP contribution >= 0.6 is 11.6 Å². The Kier molecular flexibility index (Phi) is 6.09. The summed E-state index contributed by atoms with van der Waals surface area (Å²) in [5.74, 6) is 0.753. The number of nitrogens with zero attached hydrogens (tertiary/aromatic N) is 2. The van der Waals surface area contributed by atoms with Crippen molar-refractivity contribution in [3.8, 4) is 11.5 Å². The molecule has 2 aromatic heterocycles. The van der Waals surface area contributed by atoms with Gasteiger partial charge < -0.3 is 19.2 Å². The Bertz CT molecular complexity index is 1240. The summed E-state index contributed by atoms with van der Waals surface area (Å²) in [5, 5.41) is 3.30. The zero-order valence-electron chi connectivity index (χ0n) is 17.3. The molecule has 6 nitrogen and oxygen atoms in total. The minimum Gasteiger partial charge on any atom is -0.490 e.